The Kier molecular flexibility index (Phi) is 4.86. The zero-order chi connectivity index (χ0) is 13.8. The van der Waals surface area contributed by atoms with Gasteiger partial charge in [0.1, 0.15) is 0 Å². The van der Waals surface area contributed by atoms with Crippen molar-refractivity contribution in [3.63, 3.8) is 0 Å². The van der Waals surface area contributed by atoms with E-state index in [1.54, 1.807) is 30.3 Å². The van der Waals surface area contributed by atoms with Crippen molar-refractivity contribution < 1.29 is 4.79 Å². The second-order valence-corrected chi connectivity index (χ2v) is 5.68. The molecule has 2 nitrogen and oxygen atoms in total. The highest BCUT2D eigenvalue weighted by molar-refractivity contribution is 9.10. The molecule has 2 aromatic carbocycles. The number of rotatable bonds is 3. The normalized spacial score (nSPS) is 10.3. The zero-order valence-corrected chi connectivity index (χ0v) is 12.9. The minimum atomic E-state index is -0.140. The Morgan fingerprint density at radius 3 is 2.42 bits per heavy atom. The summed E-state index contributed by atoms with van der Waals surface area (Å²) in [7, 11) is 0. The van der Waals surface area contributed by atoms with Crippen molar-refractivity contribution in [3.8, 4) is 0 Å². The van der Waals surface area contributed by atoms with E-state index in [-0.39, 0.29) is 5.91 Å². The van der Waals surface area contributed by atoms with Crippen molar-refractivity contribution in [1.82, 2.24) is 5.32 Å². The summed E-state index contributed by atoms with van der Waals surface area (Å²) in [6.07, 6.45) is 0. The quantitative estimate of drug-likeness (QED) is 0.847. The molecule has 1 amide bonds. The van der Waals surface area contributed by atoms with Crippen molar-refractivity contribution in [2.75, 3.05) is 0 Å². The molecule has 19 heavy (non-hydrogen) atoms. The van der Waals surface area contributed by atoms with Gasteiger partial charge in [-0.25, -0.2) is 0 Å². The van der Waals surface area contributed by atoms with Crippen LogP contribution in [0.4, 0.5) is 0 Å². The minimum Gasteiger partial charge on any atom is -0.348 e. The molecule has 0 fully saturated rings. The van der Waals surface area contributed by atoms with Gasteiger partial charge in [0.05, 0.1) is 0 Å². The van der Waals surface area contributed by atoms with Crippen LogP contribution in [-0.4, -0.2) is 5.91 Å². The van der Waals surface area contributed by atoms with Gasteiger partial charge in [0.15, 0.2) is 0 Å². The largest absolute Gasteiger partial charge is 0.348 e. The molecule has 2 aromatic rings. The number of benzene rings is 2. The average molecular weight is 359 g/mol. The summed E-state index contributed by atoms with van der Waals surface area (Å²) < 4.78 is 0.935. The van der Waals surface area contributed by atoms with Gasteiger partial charge < -0.3 is 5.32 Å². The monoisotopic (exact) mass is 357 g/mol. The van der Waals surface area contributed by atoms with Gasteiger partial charge in [0, 0.05) is 26.6 Å². The van der Waals surface area contributed by atoms with E-state index in [1.807, 2.05) is 12.1 Å². The van der Waals surface area contributed by atoms with E-state index in [1.165, 1.54) is 0 Å². The van der Waals surface area contributed by atoms with Gasteiger partial charge in [-0.05, 0) is 42.0 Å². The molecular formula is C14H10BrCl2NO. The summed E-state index contributed by atoms with van der Waals surface area (Å²) in [6.45, 7) is 0.366. The molecule has 0 aliphatic carbocycles. The molecule has 0 bridgehead atoms. The zero-order valence-electron chi connectivity index (χ0n) is 9.79. The van der Waals surface area contributed by atoms with Crippen LogP contribution in [0.15, 0.2) is 46.9 Å². The average Bonchev–Trinajstić information content (AvgIpc) is 2.38. The van der Waals surface area contributed by atoms with E-state index in [4.69, 9.17) is 23.2 Å². The van der Waals surface area contributed by atoms with Gasteiger partial charge in [-0.3, -0.25) is 4.79 Å². The second kappa shape index (κ2) is 6.42. The van der Waals surface area contributed by atoms with Gasteiger partial charge in [-0.15, -0.1) is 0 Å². The van der Waals surface area contributed by atoms with Crippen LogP contribution in [0.1, 0.15) is 15.9 Å². The Bertz CT molecular complexity index is 599. The van der Waals surface area contributed by atoms with Crippen LogP contribution in [0.5, 0.6) is 0 Å². The van der Waals surface area contributed by atoms with Crippen molar-refractivity contribution in [2.45, 2.75) is 6.54 Å². The first kappa shape index (κ1) is 14.4. The molecule has 0 saturated heterocycles. The number of halogens is 3. The summed E-state index contributed by atoms with van der Waals surface area (Å²) in [5.41, 5.74) is 1.44. The minimum absolute atomic E-state index is 0.140. The first-order valence-electron chi connectivity index (χ1n) is 5.54. The highest BCUT2D eigenvalue weighted by Gasteiger charge is 2.06. The molecule has 0 aliphatic rings. The standard InChI is InChI=1S/C14H10BrCl2NO/c15-11-4-1-9(2-5-11)14(19)18-8-10-3-6-12(16)7-13(10)17/h1-7H,8H2,(H,18,19). The molecule has 0 aromatic heterocycles. The fourth-order valence-electron chi connectivity index (χ4n) is 1.54. The molecule has 2 rings (SSSR count). The van der Waals surface area contributed by atoms with Gasteiger partial charge in [-0.2, -0.15) is 0 Å². The van der Waals surface area contributed by atoms with Crippen LogP contribution in [-0.2, 0) is 6.54 Å². The van der Waals surface area contributed by atoms with Crippen molar-refractivity contribution in [3.05, 3.63) is 68.1 Å². The third-order valence-corrected chi connectivity index (χ3v) is 3.68. The molecule has 1 N–H and O–H groups in total. The Balaban J connectivity index is 2.02. The highest BCUT2D eigenvalue weighted by atomic mass is 79.9. The predicted molar refractivity (Wildman–Crippen MR) is 81.8 cm³/mol. The lowest BCUT2D eigenvalue weighted by Gasteiger charge is -2.07. The lowest BCUT2D eigenvalue weighted by atomic mass is 10.2. The SMILES string of the molecule is O=C(NCc1ccc(Cl)cc1Cl)c1ccc(Br)cc1. The molecule has 0 atom stereocenters. The van der Waals surface area contributed by atoms with E-state index >= 15 is 0 Å². The third kappa shape index (κ3) is 3.96. The smallest absolute Gasteiger partial charge is 0.251 e. The Hall–Kier alpha value is -1.03. The molecule has 0 radical (unpaired) electrons. The Morgan fingerprint density at radius 2 is 1.79 bits per heavy atom. The number of carbonyl (C=O) groups excluding carboxylic acids is 1. The Labute approximate surface area is 129 Å². The van der Waals surface area contributed by atoms with Crippen molar-refractivity contribution in [1.29, 1.82) is 0 Å². The first-order valence-corrected chi connectivity index (χ1v) is 7.09. The van der Waals surface area contributed by atoms with Gasteiger partial charge in [-0.1, -0.05) is 45.2 Å². The van der Waals surface area contributed by atoms with E-state index in [2.05, 4.69) is 21.2 Å². The molecule has 0 saturated carbocycles. The lowest BCUT2D eigenvalue weighted by molar-refractivity contribution is 0.0951. The van der Waals surface area contributed by atoms with E-state index in [0.717, 1.165) is 10.0 Å². The molecular weight excluding hydrogens is 349 g/mol. The van der Waals surface area contributed by atoms with Crippen LogP contribution in [0.2, 0.25) is 10.0 Å². The van der Waals surface area contributed by atoms with Crippen LogP contribution in [0, 0.1) is 0 Å². The summed E-state index contributed by atoms with van der Waals surface area (Å²) in [4.78, 5) is 11.9. The summed E-state index contributed by atoms with van der Waals surface area (Å²) in [5, 5.41) is 3.94. The first-order chi connectivity index (χ1) is 9.06. The maximum Gasteiger partial charge on any atom is 0.251 e. The molecule has 0 unspecified atom stereocenters. The van der Waals surface area contributed by atoms with Crippen LogP contribution in [0.25, 0.3) is 0 Å². The van der Waals surface area contributed by atoms with Crippen molar-refractivity contribution >= 4 is 45.0 Å². The number of hydrogen-bond acceptors (Lipinski definition) is 1. The van der Waals surface area contributed by atoms with Crippen molar-refractivity contribution in [2.24, 2.45) is 0 Å². The maximum absolute atomic E-state index is 11.9. The highest BCUT2D eigenvalue weighted by Crippen LogP contribution is 2.20. The van der Waals surface area contributed by atoms with Gasteiger partial charge >= 0.3 is 0 Å². The summed E-state index contributed by atoms with van der Waals surface area (Å²) >= 11 is 15.2. The second-order valence-electron chi connectivity index (χ2n) is 3.93. The number of amides is 1. The van der Waals surface area contributed by atoms with Crippen LogP contribution < -0.4 is 5.32 Å². The van der Waals surface area contributed by atoms with E-state index in [9.17, 15) is 4.79 Å². The summed E-state index contributed by atoms with van der Waals surface area (Å²) in [6, 6.07) is 12.4. The van der Waals surface area contributed by atoms with E-state index in [0.29, 0.717) is 22.2 Å². The van der Waals surface area contributed by atoms with Crippen LogP contribution >= 0.6 is 39.1 Å². The Morgan fingerprint density at radius 1 is 1.11 bits per heavy atom. The molecule has 98 valence electrons. The third-order valence-electron chi connectivity index (χ3n) is 2.56. The molecule has 0 heterocycles. The molecule has 5 heteroatoms. The number of hydrogen-bond donors (Lipinski definition) is 1. The molecule has 0 aliphatic heterocycles. The van der Waals surface area contributed by atoms with Crippen LogP contribution in [0.3, 0.4) is 0 Å². The number of nitrogens with one attached hydrogen (secondary N) is 1. The fraction of sp³-hybridized carbons (Fsp3) is 0.0714. The number of carbonyl (C=O) groups is 1. The predicted octanol–water partition coefficient (Wildman–Crippen LogP) is 4.69. The van der Waals surface area contributed by atoms with E-state index < -0.39 is 0 Å². The van der Waals surface area contributed by atoms with Gasteiger partial charge in [0.25, 0.3) is 5.91 Å². The maximum atomic E-state index is 11.9. The lowest BCUT2D eigenvalue weighted by Crippen LogP contribution is -2.22. The van der Waals surface area contributed by atoms with Gasteiger partial charge in [0.2, 0.25) is 0 Å². The fourth-order valence-corrected chi connectivity index (χ4v) is 2.28. The topological polar surface area (TPSA) is 29.1 Å². The summed E-state index contributed by atoms with van der Waals surface area (Å²) in [5.74, 6) is -0.140. The molecule has 0 spiro atoms.